The van der Waals surface area contributed by atoms with Crippen LogP contribution in [-0.2, 0) is 9.53 Å². The molecule has 0 bridgehead atoms. The molecule has 0 atom stereocenters. The second kappa shape index (κ2) is 22.9. The number of aliphatic hydroxyl groups excluding tert-OH is 1. The Kier molecular flexibility index (Phi) is 31.4. The van der Waals surface area contributed by atoms with Crippen LogP contribution in [0.15, 0.2) is 0 Å². The number of hydrogen-bond donors (Lipinski definition) is 2. The van der Waals surface area contributed by atoms with Gasteiger partial charge in [0.15, 0.2) is 0 Å². The van der Waals surface area contributed by atoms with Crippen molar-refractivity contribution in [1.82, 2.24) is 5.32 Å². The third-order valence-corrected chi connectivity index (χ3v) is 0.859. The van der Waals surface area contributed by atoms with E-state index in [2.05, 4.69) is 5.32 Å². The van der Waals surface area contributed by atoms with Crippen LogP contribution in [0.2, 0.25) is 0 Å². The first-order valence-electron chi connectivity index (χ1n) is 4.99. The van der Waals surface area contributed by atoms with Crippen LogP contribution in [0.5, 0.6) is 0 Å². The van der Waals surface area contributed by atoms with Crippen LogP contribution >= 0.6 is 0 Å². The molecule has 0 saturated heterocycles. The SMILES string of the molecule is CC.CC(C)OCC=O.CNCCO. The lowest BCUT2D eigenvalue weighted by Gasteiger charge is -1.99. The third-order valence-electron chi connectivity index (χ3n) is 0.859. The molecule has 0 aliphatic rings. The average Bonchev–Trinajstić information content (AvgIpc) is 2.20. The summed E-state index contributed by atoms with van der Waals surface area (Å²) in [5.74, 6) is 0. The van der Waals surface area contributed by atoms with Crippen molar-refractivity contribution in [1.29, 1.82) is 0 Å². The Morgan fingerprint density at radius 2 is 1.93 bits per heavy atom. The fourth-order valence-corrected chi connectivity index (χ4v) is 0.344. The van der Waals surface area contributed by atoms with Gasteiger partial charge in [-0.2, -0.15) is 0 Å². The second-order valence-corrected chi connectivity index (χ2v) is 2.38. The predicted molar refractivity (Wildman–Crippen MR) is 59.5 cm³/mol. The quantitative estimate of drug-likeness (QED) is 0.656. The molecule has 0 heterocycles. The number of carbonyl (C=O) groups excluding carboxylic acids is 1. The number of carbonyl (C=O) groups is 1. The van der Waals surface area contributed by atoms with E-state index in [-0.39, 0.29) is 19.3 Å². The van der Waals surface area contributed by atoms with Crippen LogP contribution in [0.3, 0.4) is 0 Å². The van der Waals surface area contributed by atoms with Gasteiger partial charge in [0.25, 0.3) is 0 Å². The van der Waals surface area contributed by atoms with Gasteiger partial charge >= 0.3 is 0 Å². The number of nitrogens with one attached hydrogen (secondary N) is 1. The summed E-state index contributed by atoms with van der Waals surface area (Å²) in [6, 6.07) is 0. The number of rotatable bonds is 5. The van der Waals surface area contributed by atoms with Crippen molar-refractivity contribution in [3.63, 3.8) is 0 Å². The number of ether oxygens (including phenoxy) is 1. The Morgan fingerprint density at radius 3 is 2.00 bits per heavy atom. The number of hydrogen-bond acceptors (Lipinski definition) is 4. The van der Waals surface area contributed by atoms with Crippen LogP contribution in [-0.4, -0.2) is 44.3 Å². The molecule has 0 aliphatic heterocycles. The highest BCUT2D eigenvalue weighted by Gasteiger charge is 1.87. The van der Waals surface area contributed by atoms with E-state index in [1.165, 1.54) is 0 Å². The van der Waals surface area contributed by atoms with Crippen LogP contribution in [0.25, 0.3) is 0 Å². The highest BCUT2D eigenvalue weighted by molar-refractivity contribution is 5.50. The van der Waals surface area contributed by atoms with Crippen LogP contribution < -0.4 is 5.32 Å². The van der Waals surface area contributed by atoms with E-state index in [0.29, 0.717) is 6.54 Å². The summed E-state index contributed by atoms with van der Waals surface area (Å²) in [6.45, 7) is 8.93. The Balaban J connectivity index is -0.000000152. The second-order valence-electron chi connectivity index (χ2n) is 2.38. The van der Waals surface area contributed by atoms with Crippen LogP contribution in [0.4, 0.5) is 0 Å². The van der Waals surface area contributed by atoms with Crippen molar-refractivity contribution in [3.8, 4) is 0 Å². The van der Waals surface area contributed by atoms with E-state index in [1.54, 1.807) is 7.05 Å². The Bertz CT molecular complexity index is 85.4. The Hall–Kier alpha value is -0.450. The van der Waals surface area contributed by atoms with Crippen molar-refractivity contribution in [2.24, 2.45) is 0 Å². The predicted octanol–water partition coefficient (Wildman–Crippen LogP) is 0.835. The lowest BCUT2D eigenvalue weighted by atomic mass is 10.5. The molecule has 0 fully saturated rings. The highest BCUT2D eigenvalue weighted by Crippen LogP contribution is 1.82. The van der Waals surface area contributed by atoms with Gasteiger partial charge in [0, 0.05) is 6.54 Å². The van der Waals surface area contributed by atoms with Gasteiger partial charge in [-0.05, 0) is 20.9 Å². The van der Waals surface area contributed by atoms with Gasteiger partial charge in [-0.15, -0.1) is 0 Å². The fraction of sp³-hybridized carbons (Fsp3) is 0.900. The summed E-state index contributed by atoms with van der Waals surface area (Å²) < 4.78 is 4.82. The Morgan fingerprint density at radius 1 is 1.43 bits per heavy atom. The molecule has 0 aromatic rings. The maximum absolute atomic E-state index is 9.58. The minimum atomic E-state index is 0.171. The molecule has 0 unspecified atom stereocenters. The molecule has 4 nitrogen and oxygen atoms in total. The monoisotopic (exact) mass is 207 g/mol. The summed E-state index contributed by atoms with van der Waals surface area (Å²) in [5.41, 5.74) is 0. The largest absolute Gasteiger partial charge is 0.395 e. The molecular formula is C10H25NO3. The molecule has 0 aromatic carbocycles. The summed E-state index contributed by atoms with van der Waals surface area (Å²) >= 11 is 0. The van der Waals surface area contributed by atoms with Crippen molar-refractivity contribution in [2.75, 3.05) is 26.8 Å². The first-order chi connectivity index (χ1) is 6.68. The molecule has 2 N–H and O–H groups in total. The number of likely N-dealkylation sites (N-methyl/N-ethyl adjacent to an activating group) is 1. The molecule has 4 heteroatoms. The molecule has 88 valence electrons. The minimum Gasteiger partial charge on any atom is -0.395 e. The van der Waals surface area contributed by atoms with E-state index in [4.69, 9.17) is 9.84 Å². The van der Waals surface area contributed by atoms with Gasteiger partial charge in [-0.1, -0.05) is 13.8 Å². The summed E-state index contributed by atoms with van der Waals surface area (Å²) in [6.07, 6.45) is 0.921. The summed E-state index contributed by atoms with van der Waals surface area (Å²) in [7, 11) is 1.80. The molecule has 14 heavy (non-hydrogen) atoms. The lowest BCUT2D eigenvalue weighted by Crippen LogP contribution is -2.10. The normalized spacial score (nSPS) is 8.21. The van der Waals surface area contributed by atoms with Crippen molar-refractivity contribution >= 4 is 6.29 Å². The zero-order valence-corrected chi connectivity index (χ0v) is 10.0. The van der Waals surface area contributed by atoms with E-state index < -0.39 is 0 Å². The minimum absolute atomic E-state index is 0.171. The van der Waals surface area contributed by atoms with Crippen molar-refractivity contribution in [2.45, 2.75) is 33.8 Å². The number of aldehydes is 1. The first kappa shape index (κ1) is 19.2. The van der Waals surface area contributed by atoms with Crippen LogP contribution in [0.1, 0.15) is 27.7 Å². The van der Waals surface area contributed by atoms with Crippen molar-refractivity contribution in [3.05, 3.63) is 0 Å². The van der Waals surface area contributed by atoms with Gasteiger partial charge in [0.05, 0.1) is 12.7 Å². The smallest absolute Gasteiger partial charge is 0.145 e. The number of aliphatic hydroxyl groups is 1. The summed E-state index contributed by atoms with van der Waals surface area (Å²) in [4.78, 5) is 9.58. The molecule has 0 amide bonds. The zero-order valence-electron chi connectivity index (χ0n) is 10.0. The first-order valence-corrected chi connectivity index (χ1v) is 4.99. The molecule has 0 aliphatic carbocycles. The van der Waals surface area contributed by atoms with Gasteiger partial charge in [-0.25, -0.2) is 0 Å². The van der Waals surface area contributed by atoms with Gasteiger partial charge in [0.2, 0.25) is 0 Å². The highest BCUT2D eigenvalue weighted by atomic mass is 16.5. The van der Waals surface area contributed by atoms with Crippen molar-refractivity contribution < 1.29 is 14.6 Å². The molecule has 0 saturated carbocycles. The topological polar surface area (TPSA) is 58.6 Å². The maximum Gasteiger partial charge on any atom is 0.145 e. The van der Waals surface area contributed by atoms with Gasteiger partial charge < -0.3 is 20.0 Å². The van der Waals surface area contributed by atoms with E-state index in [0.717, 1.165) is 6.29 Å². The van der Waals surface area contributed by atoms with Gasteiger partial charge in [-0.3, -0.25) is 0 Å². The lowest BCUT2D eigenvalue weighted by molar-refractivity contribution is -0.113. The molecule has 0 rings (SSSR count). The summed E-state index contributed by atoms with van der Waals surface area (Å²) in [5, 5.41) is 10.8. The van der Waals surface area contributed by atoms with E-state index >= 15 is 0 Å². The molecule has 0 aromatic heterocycles. The zero-order chi connectivity index (χ0) is 11.8. The maximum atomic E-state index is 9.58. The molecule has 0 spiro atoms. The molecule has 0 radical (unpaired) electrons. The van der Waals surface area contributed by atoms with E-state index in [1.807, 2.05) is 27.7 Å². The van der Waals surface area contributed by atoms with Gasteiger partial charge in [0.1, 0.15) is 12.9 Å². The Labute approximate surface area is 87.7 Å². The standard InChI is InChI=1S/C5H10O2.C3H9NO.C2H6/c1-5(2)7-4-3-6;1-4-2-3-5;1-2/h3,5H,4H2,1-2H3;4-5H,2-3H2,1H3;1-2H3. The molecular weight excluding hydrogens is 182 g/mol. The third kappa shape index (κ3) is 41.7. The average molecular weight is 207 g/mol. The van der Waals surface area contributed by atoms with Crippen LogP contribution in [0, 0.1) is 0 Å². The van der Waals surface area contributed by atoms with E-state index in [9.17, 15) is 4.79 Å². The fourth-order valence-electron chi connectivity index (χ4n) is 0.344.